The lowest BCUT2D eigenvalue weighted by molar-refractivity contribution is -0.116. The van der Waals surface area contributed by atoms with Crippen molar-refractivity contribution >= 4 is 23.4 Å². The Labute approximate surface area is 99.4 Å². The zero-order valence-electron chi connectivity index (χ0n) is 9.25. The maximum Gasteiger partial charge on any atom is 0.339 e. The quantitative estimate of drug-likeness (QED) is 0.760. The second-order valence-electron chi connectivity index (χ2n) is 3.38. The minimum atomic E-state index is -0.460. The van der Waals surface area contributed by atoms with Gasteiger partial charge in [-0.2, -0.15) is 0 Å². The van der Waals surface area contributed by atoms with E-state index in [2.05, 4.69) is 0 Å². The fraction of sp³-hybridized carbons (Fsp3) is 0.333. The van der Waals surface area contributed by atoms with Gasteiger partial charge in [0.2, 0.25) is 0 Å². The molecule has 0 atom stereocenters. The summed E-state index contributed by atoms with van der Waals surface area (Å²) in [7, 11) is 0. The molecule has 1 aromatic carbocycles. The van der Waals surface area contributed by atoms with E-state index in [1.807, 2.05) is 0 Å². The molecule has 0 bridgehead atoms. The van der Waals surface area contributed by atoms with E-state index in [1.165, 1.54) is 6.92 Å². The SMILES string of the molecule is CCOC(=O)c1cccc(CC(C)=O)c1Cl. The minimum Gasteiger partial charge on any atom is -0.462 e. The molecule has 0 aromatic heterocycles. The summed E-state index contributed by atoms with van der Waals surface area (Å²) in [4.78, 5) is 22.5. The van der Waals surface area contributed by atoms with Gasteiger partial charge in [-0.15, -0.1) is 0 Å². The average Bonchev–Trinajstić information content (AvgIpc) is 2.21. The third-order valence-corrected chi connectivity index (χ3v) is 2.46. The number of esters is 1. The topological polar surface area (TPSA) is 43.4 Å². The van der Waals surface area contributed by atoms with Crippen LogP contribution in [0.5, 0.6) is 0 Å². The Morgan fingerprint density at radius 1 is 1.38 bits per heavy atom. The summed E-state index contributed by atoms with van der Waals surface area (Å²) in [6, 6.07) is 5.01. The number of hydrogen-bond acceptors (Lipinski definition) is 3. The molecule has 0 aliphatic rings. The summed E-state index contributed by atoms with van der Waals surface area (Å²) in [5.74, 6) is -0.458. The van der Waals surface area contributed by atoms with Crippen molar-refractivity contribution in [2.45, 2.75) is 20.3 Å². The predicted molar refractivity (Wildman–Crippen MR) is 61.8 cm³/mol. The van der Waals surface area contributed by atoms with Crippen molar-refractivity contribution in [2.75, 3.05) is 6.61 Å². The Kier molecular flexibility index (Phi) is 4.50. The van der Waals surface area contributed by atoms with Gasteiger partial charge in [0.15, 0.2) is 0 Å². The van der Waals surface area contributed by atoms with Crippen LogP contribution in [0, 0.1) is 0 Å². The molecule has 3 nitrogen and oxygen atoms in total. The molecule has 0 saturated carbocycles. The van der Waals surface area contributed by atoms with Gasteiger partial charge in [0.1, 0.15) is 5.78 Å². The molecule has 0 unspecified atom stereocenters. The van der Waals surface area contributed by atoms with Crippen molar-refractivity contribution in [2.24, 2.45) is 0 Å². The highest BCUT2D eigenvalue weighted by Crippen LogP contribution is 2.22. The molecule has 4 heteroatoms. The monoisotopic (exact) mass is 240 g/mol. The molecule has 0 saturated heterocycles. The number of carbonyl (C=O) groups excluding carboxylic acids is 2. The Hall–Kier alpha value is -1.35. The first-order valence-electron chi connectivity index (χ1n) is 5.00. The van der Waals surface area contributed by atoms with Crippen molar-refractivity contribution in [1.82, 2.24) is 0 Å². The van der Waals surface area contributed by atoms with Gasteiger partial charge < -0.3 is 4.74 Å². The number of halogens is 1. The van der Waals surface area contributed by atoms with E-state index in [-0.39, 0.29) is 12.2 Å². The van der Waals surface area contributed by atoms with Crippen molar-refractivity contribution < 1.29 is 14.3 Å². The normalized spacial score (nSPS) is 9.94. The number of rotatable bonds is 4. The van der Waals surface area contributed by atoms with Crippen LogP contribution in [0.4, 0.5) is 0 Å². The average molecular weight is 241 g/mol. The number of ether oxygens (including phenoxy) is 1. The number of ketones is 1. The van der Waals surface area contributed by atoms with Gasteiger partial charge in [-0.1, -0.05) is 23.7 Å². The maximum absolute atomic E-state index is 11.5. The number of Topliss-reactive ketones (excluding diaryl/α,β-unsaturated/α-hetero) is 1. The van der Waals surface area contributed by atoms with E-state index in [1.54, 1.807) is 25.1 Å². The van der Waals surface area contributed by atoms with Crippen molar-refractivity contribution in [3.05, 3.63) is 34.3 Å². The third kappa shape index (κ3) is 3.07. The van der Waals surface area contributed by atoms with Gasteiger partial charge in [-0.25, -0.2) is 4.79 Å². The van der Waals surface area contributed by atoms with Crippen LogP contribution in [0.25, 0.3) is 0 Å². The Bertz CT molecular complexity index is 413. The van der Waals surface area contributed by atoms with Crippen LogP contribution in [0.3, 0.4) is 0 Å². The summed E-state index contributed by atoms with van der Waals surface area (Å²) in [5, 5.41) is 0.302. The summed E-state index contributed by atoms with van der Waals surface area (Å²) in [6.07, 6.45) is 0.228. The molecule has 0 N–H and O–H groups in total. The van der Waals surface area contributed by atoms with Gasteiger partial charge in [0.05, 0.1) is 17.2 Å². The fourth-order valence-electron chi connectivity index (χ4n) is 1.35. The maximum atomic E-state index is 11.5. The highest BCUT2D eigenvalue weighted by atomic mass is 35.5. The zero-order valence-corrected chi connectivity index (χ0v) is 10.0. The molecule has 1 rings (SSSR count). The highest BCUT2D eigenvalue weighted by molar-refractivity contribution is 6.34. The van der Waals surface area contributed by atoms with Gasteiger partial charge in [-0.3, -0.25) is 4.79 Å². The van der Waals surface area contributed by atoms with E-state index < -0.39 is 5.97 Å². The highest BCUT2D eigenvalue weighted by Gasteiger charge is 2.14. The summed E-state index contributed by atoms with van der Waals surface area (Å²) in [5.41, 5.74) is 0.960. The van der Waals surface area contributed by atoms with Crippen LogP contribution in [0.1, 0.15) is 29.8 Å². The molecule has 0 fully saturated rings. The molecule has 86 valence electrons. The van der Waals surface area contributed by atoms with Crippen LogP contribution >= 0.6 is 11.6 Å². The molecular weight excluding hydrogens is 228 g/mol. The van der Waals surface area contributed by atoms with Gasteiger partial charge in [0.25, 0.3) is 0 Å². The molecule has 0 heterocycles. The predicted octanol–water partition coefficient (Wildman–Crippen LogP) is 2.65. The lowest BCUT2D eigenvalue weighted by Crippen LogP contribution is -2.07. The molecule has 0 radical (unpaired) electrons. The van der Waals surface area contributed by atoms with E-state index in [0.29, 0.717) is 22.8 Å². The lowest BCUT2D eigenvalue weighted by atomic mass is 10.1. The first-order chi connectivity index (χ1) is 7.56. The summed E-state index contributed by atoms with van der Waals surface area (Å²) >= 11 is 6.03. The van der Waals surface area contributed by atoms with Gasteiger partial charge in [-0.05, 0) is 25.5 Å². The van der Waals surface area contributed by atoms with Crippen LogP contribution < -0.4 is 0 Å². The second kappa shape index (κ2) is 5.66. The Balaban J connectivity index is 3.03. The Morgan fingerprint density at radius 3 is 2.62 bits per heavy atom. The van der Waals surface area contributed by atoms with Crippen molar-refractivity contribution in [1.29, 1.82) is 0 Å². The number of benzene rings is 1. The standard InChI is InChI=1S/C12H13ClO3/c1-3-16-12(15)10-6-4-5-9(11(10)13)7-8(2)14/h4-6H,3,7H2,1-2H3. The minimum absolute atomic E-state index is 0.00269. The van der Waals surface area contributed by atoms with Gasteiger partial charge in [0, 0.05) is 6.42 Å². The molecular formula is C12H13ClO3. The first-order valence-corrected chi connectivity index (χ1v) is 5.38. The molecule has 0 aliphatic heterocycles. The second-order valence-corrected chi connectivity index (χ2v) is 3.76. The van der Waals surface area contributed by atoms with Crippen molar-refractivity contribution in [3.63, 3.8) is 0 Å². The van der Waals surface area contributed by atoms with Crippen LogP contribution in [0.15, 0.2) is 18.2 Å². The van der Waals surface area contributed by atoms with E-state index in [0.717, 1.165) is 0 Å². The third-order valence-electron chi connectivity index (χ3n) is 2.01. The molecule has 0 amide bonds. The summed E-state index contributed by atoms with van der Waals surface area (Å²) < 4.78 is 4.86. The Morgan fingerprint density at radius 2 is 2.06 bits per heavy atom. The van der Waals surface area contributed by atoms with Gasteiger partial charge >= 0.3 is 5.97 Å². The molecule has 16 heavy (non-hydrogen) atoms. The lowest BCUT2D eigenvalue weighted by Gasteiger charge is -2.07. The van der Waals surface area contributed by atoms with Crippen LogP contribution in [0.2, 0.25) is 5.02 Å². The number of hydrogen-bond donors (Lipinski definition) is 0. The summed E-state index contributed by atoms with van der Waals surface area (Å²) in [6.45, 7) is 3.50. The van der Waals surface area contributed by atoms with E-state index in [9.17, 15) is 9.59 Å². The van der Waals surface area contributed by atoms with Crippen molar-refractivity contribution in [3.8, 4) is 0 Å². The first kappa shape index (κ1) is 12.7. The van der Waals surface area contributed by atoms with Crippen LogP contribution in [-0.2, 0) is 16.0 Å². The smallest absolute Gasteiger partial charge is 0.339 e. The van der Waals surface area contributed by atoms with E-state index in [4.69, 9.17) is 16.3 Å². The molecule has 0 aliphatic carbocycles. The zero-order chi connectivity index (χ0) is 12.1. The molecule has 1 aromatic rings. The number of carbonyl (C=O) groups is 2. The van der Waals surface area contributed by atoms with Crippen LogP contribution in [-0.4, -0.2) is 18.4 Å². The fourth-order valence-corrected chi connectivity index (χ4v) is 1.62. The van der Waals surface area contributed by atoms with E-state index >= 15 is 0 Å². The largest absolute Gasteiger partial charge is 0.462 e. The molecule has 0 spiro atoms.